The third kappa shape index (κ3) is 3.03. The highest BCUT2D eigenvalue weighted by Crippen LogP contribution is 2.33. The van der Waals surface area contributed by atoms with Crippen molar-refractivity contribution in [2.24, 2.45) is 0 Å². The number of benzene rings is 1. The van der Waals surface area contributed by atoms with Crippen LogP contribution in [0, 0.1) is 6.92 Å². The Bertz CT molecular complexity index is 555. The van der Waals surface area contributed by atoms with Gasteiger partial charge in [0.2, 0.25) is 5.88 Å². The largest absolute Gasteiger partial charge is 0.493 e. The van der Waals surface area contributed by atoms with Crippen LogP contribution in [-0.4, -0.2) is 14.9 Å². The Morgan fingerprint density at radius 3 is 2.40 bits per heavy atom. The molecule has 0 aliphatic heterocycles. The molecule has 0 atom stereocenters. The Kier molecular flexibility index (Phi) is 4.83. The van der Waals surface area contributed by atoms with Crippen molar-refractivity contribution in [2.75, 3.05) is 0 Å². The van der Waals surface area contributed by atoms with Crippen molar-refractivity contribution < 1.29 is 5.11 Å². The zero-order valence-corrected chi connectivity index (χ0v) is 12.7. The van der Waals surface area contributed by atoms with Crippen molar-refractivity contribution in [3.8, 4) is 17.0 Å². The van der Waals surface area contributed by atoms with Gasteiger partial charge < -0.3 is 5.11 Å². The number of aryl methyl sites for hydroxylation is 3. The van der Waals surface area contributed by atoms with Gasteiger partial charge in [0.05, 0.1) is 11.3 Å². The summed E-state index contributed by atoms with van der Waals surface area (Å²) in [5.74, 6) is 0.311. The molecule has 0 unspecified atom stereocenters. The van der Waals surface area contributed by atoms with Crippen LogP contribution in [0.1, 0.15) is 44.4 Å². The average Bonchev–Trinajstić information content (AvgIpc) is 2.74. The highest BCUT2D eigenvalue weighted by Gasteiger charge is 2.17. The number of rotatable bonds is 6. The molecule has 1 N–H and O–H groups in total. The van der Waals surface area contributed by atoms with Crippen LogP contribution < -0.4 is 0 Å². The first-order valence-corrected chi connectivity index (χ1v) is 7.53. The molecule has 0 saturated carbocycles. The quantitative estimate of drug-likeness (QED) is 0.850. The Hall–Kier alpha value is -1.77. The Balaban J connectivity index is 2.43. The minimum atomic E-state index is 0.311. The smallest absolute Gasteiger partial charge is 0.217 e. The van der Waals surface area contributed by atoms with E-state index in [0.717, 1.165) is 49.0 Å². The van der Waals surface area contributed by atoms with Crippen LogP contribution in [0.25, 0.3) is 11.1 Å². The highest BCUT2D eigenvalue weighted by atomic mass is 16.3. The second-order valence-electron chi connectivity index (χ2n) is 5.34. The number of aromatic nitrogens is 2. The van der Waals surface area contributed by atoms with Gasteiger partial charge in [-0.1, -0.05) is 56.5 Å². The summed E-state index contributed by atoms with van der Waals surface area (Å²) in [7, 11) is 0. The van der Waals surface area contributed by atoms with Gasteiger partial charge in [-0.3, -0.25) is 0 Å². The maximum Gasteiger partial charge on any atom is 0.217 e. The van der Waals surface area contributed by atoms with E-state index >= 15 is 0 Å². The standard InChI is InChI=1S/C17H24N2O/c1-4-6-12-19-17(20)16(15(18-19)7-5-2)14-10-8-13(3)9-11-14/h8-11,20H,4-7,12H2,1-3H3. The van der Waals surface area contributed by atoms with E-state index in [1.54, 1.807) is 4.68 Å². The van der Waals surface area contributed by atoms with Gasteiger partial charge in [0.1, 0.15) is 0 Å². The SMILES string of the molecule is CCCCn1nc(CCC)c(-c2ccc(C)cc2)c1O. The van der Waals surface area contributed by atoms with Crippen LogP contribution in [-0.2, 0) is 13.0 Å². The molecule has 108 valence electrons. The molecule has 0 bridgehead atoms. The normalized spacial score (nSPS) is 10.9. The third-order valence-electron chi connectivity index (χ3n) is 3.55. The fraction of sp³-hybridized carbons (Fsp3) is 0.471. The maximum atomic E-state index is 10.5. The first kappa shape index (κ1) is 14.6. The number of aromatic hydroxyl groups is 1. The molecule has 2 rings (SSSR count). The first-order valence-electron chi connectivity index (χ1n) is 7.53. The highest BCUT2D eigenvalue weighted by molar-refractivity contribution is 5.71. The molecule has 0 aliphatic carbocycles. The molecule has 3 nitrogen and oxygen atoms in total. The van der Waals surface area contributed by atoms with E-state index in [1.807, 2.05) is 0 Å². The lowest BCUT2D eigenvalue weighted by Gasteiger charge is -2.04. The van der Waals surface area contributed by atoms with Gasteiger partial charge in [0.25, 0.3) is 0 Å². The number of hydrogen-bond donors (Lipinski definition) is 1. The molecule has 1 aromatic heterocycles. The van der Waals surface area contributed by atoms with Gasteiger partial charge in [-0.2, -0.15) is 5.10 Å². The van der Waals surface area contributed by atoms with Crippen LogP contribution in [0.5, 0.6) is 5.88 Å². The summed E-state index contributed by atoms with van der Waals surface area (Å²) in [4.78, 5) is 0. The van der Waals surface area contributed by atoms with Gasteiger partial charge >= 0.3 is 0 Å². The molecule has 0 fully saturated rings. The Morgan fingerprint density at radius 2 is 1.80 bits per heavy atom. The molecule has 0 radical (unpaired) electrons. The van der Waals surface area contributed by atoms with Crippen molar-refractivity contribution in [3.05, 3.63) is 35.5 Å². The summed E-state index contributed by atoms with van der Waals surface area (Å²) in [6.07, 6.45) is 4.06. The Labute approximate surface area is 121 Å². The Morgan fingerprint density at radius 1 is 1.10 bits per heavy atom. The number of unbranched alkanes of at least 4 members (excludes halogenated alkanes) is 1. The van der Waals surface area contributed by atoms with Gasteiger partial charge in [0.15, 0.2) is 0 Å². The third-order valence-corrected chi connectivity index (χ3v) is 3.55. The van der Waals surface area contributed by atoms with Crippen molar-refractivity contribution in [1.29, 1.82) is 0 Å². The fourth-order valence-corrected chi connectivity index (χ4v) is 2.39. The summed E-state index contributed by atoms with van der Waals surface area (Å²) in [5.41, 5.74) is 4.19. The molecular formula is C17H24N2O. The zero-order chi connectivity index (χ0) is 14.5. The van der Waals surface area contributed by atoms with Crippen LogP contribution in [0.15, 0.2) is 24.3 Å². The maximum absolute atomic E-state index is 10.5. The summed E-state index contributed by atoms with van der Waals surface area (Å²) in [6.45, 7) is 7.14. The van der Waals surface area contributed by atoms with Crippen molar-refractivity contribution in [3.63, 3.8) is 0 Å². The first-order chi connectivity index (χ1) is 9.67. The van der Waals surface area contributed by atoms with Crippen LogP contribution >= 0.6 is 0 Å². The van der Waals surface area contributed by atoms with E-state index in [4.69, 9.17) is 0 Å². The minimum absolute atomic E-state index is 0.311. The summed E-state index contributed by atoms with van der Waals surface area (Å²) >= 11 is 0. The molecule has 0 spiro atoms. The summed E-state index contributed by atoms with van der Waals surface area (Å²) in [6, 6.07) is 8.28. The van der Waals surface area contributed by atoms with Gasteiger partial charge in [-0.05, 0) is 25.3 Å². The molecule has 0 saturated heterocycles. The predicted molar refractivity (Wildman–Crippen MR) is 83.0 cm³/mol. The topological polar surface area (TPSA) is 38.0 Å². The zero-order valence-electron chi connectivity index (χ0n) is 12.7. The van der Waals surface area contributed by atoms with Gasteiger partial charge in [-0.25, -0.2) is 4.68 Å². The van der Waals surface area contributed by atoms with Crippen molar-refractivity contribution in [1.82, 2.24) is 9.78 Å². The minimum Gasteiger partial charge on any atom is -0.493 e. The van der Waals surface area contributed by atoms with Crippen LogP contribution in [0.2, 0.25) is 0 Å². The van der Waals surface area contributed by atoms with Crippen molar-refractivity contribution in [2.45, 2.75) is 53.0 Å². The fourth-order valence-electron chi connectivity index (χ4n) is 2.39. The van der Waals surface area contributed by atoms with E-state index in [2.05, 4.69) is 50.1 Å². The van der Waals surface area contributed by atoms with E-state index < -0.39 is 0 Å². The predicted octanol–water partition coefficient (Wildman–Crippen LogP) is 4.32. The molecule has 20 heavy (non-hydrogen) atoms. The monoisotopic (exact) mass is 272 g/mol. The van der Waals surface area contributed by atoms with E-state index in [1.165, 1.54) is 5.56 Å². The lowest BCUT2D eigenvalue weighted by Crippen LogP contribution is -1.99. The van der Waals surface area contributed by atoms with Crippen LogP contribution in [0.3, 0.4) is 0 Å². The lowest BCUT2D eigenvalue weighted by molar-refractivity contribution is 0.394. The number of hydrogen-bond acceptors (Lipinski definition) is 2. The van der Waals surface area contributed by atoms with Crippen LogP contribution in [0.4, 0.5) is 0 Å². The average molecular weight is 272 g/mol. The molecule has 1 aromatic carbocycles. The second kappa shape index (κ2) is 6.60. The lowest BCUT2D eigenvalue weighted by atomic mass is 10.0. The van der Waals surface area contributed by atoms with Crippen molar-refractivity contribution >= 4 is 0 Å². The molecule has 2 aromatic rings. The molecule has 0 amide bonds. The molecule has 1 heterocycles. The molecule has 0 aliphatic rings. The van der Waals surface area contributed by atoms with E-state index in [9.17, 15) is 5.11 Å². The van der Waals surface area contributed by atoms with Gasteiger partial charge in [0, 0.05) is 6.54 Å². The van der Waals surface area contributed by atoms with E-state index in [0.29, 0.717) is 5.88 Å². The van der Waals surface area contributed by atoms with E-state index in [-0.39, 0.29) is 0 Å². The van der Waals surface area contributed by atoms with Gasteiger partial charge in [-0.15, -0.1) is 0 Å². The molecule has 3 heteroatoms. The number of nitrogens with zero attached hydrogens (tertiary/aromatic N) is 2. The summed E-state index contributed by atoms with van der Waals surface area (Å²) in [5, 5.41) is 15.1. The summed E-state index contributed by atoms with van der Waals surface area (Å²) < 4.78 is 1.75. The molecular weight excluding hydrogens is 248 g/mol. The second-order valence-corrected chi connectivity index (χ2v) is 5.34.